The number of anilines is 2. The molecule has 0 bridgehead atoms. The van der Waals surface area contributed by atoms with Crippen molar-refractivity contribution in [3.63, 3.8) is 0 Å². The molecule has 0 aliphatic carbocycles. The van der Waals surface area contributed by atoms with E-state index in [2.05, 4.69) is 10.6 Å². The summed E-state index contributed by atoms with van der Waals surface area (Å²) in [6.07, 6.45) is 0. The Morgan fingerprint density at radius 3 is 2.58 bits per heavy atom. The van der Waals surface area contributed by atoms with Crippen molar-refractivity contribution in [1.29, 1.82) is 0 Å². The largest absolute Gasteiger partial charge is 0.495 e. The van der Waals surface area contributed by atoms with Crippen LogP contribution in [0.25, 0.3) is 10.1 Å². The molecule has 0 spiro atoms. The number of halogens is 1. The lowest BCUT2D eigenvalue weighted by Crippen LogP contribution is -2.13. The molecule has 0 fully saturated rings. The fourth-order valence-corrected chi connectivity index (χ4v) is 3.85. The molecule has 0 aliphatic rings. The SMILES string of the molecule is COc1ccc(NC(C)=O)cc1NC(=O)c1sc2cccc(F)c2c1C. The fraction of sp³-hybridized carbons (Fsp3) is 0.158. The quantitative estimate of drug-likeness (QED) is 0.705. The molecule has 0 atom stereocenters. The molecule has 0 aliphatic heterocycles. The van der Waals surface area contributed by atoms with E-state index in [1.54, 1.807) is 37.3 Å². The topological polar surface area (TPSA) is 67.4 Å². The maximum Gasteiger partial charge on any atom is 0.266 e. The van der Waals surface area contributed by atoms with E-state index in [1.165, 1.54) is 31.4 Å². The average molecular weight is 372 g/mol. The van der Waals surface area contributed by atoms with E-state index < -0.39 is 0 Å². The molecule has 0 saturated carbocycles. The highest BCUT2D eigenvalue weighted by atomic mass is 32.1. The highest BCUT2D eigenvalue weighted by Crippen LogP contribution is 2.34. The van der Waals surface area contributed by atoms with Crippen LogP contribution in [0.5, 0.6) is 5.75 Å². The average Bonchev–Trinajstić information content (AvgIpc) is 2.93. The third-order valence-corrected chi connectivity index (χ3v) is 5.13. The van der Waals surface area contributed by atoms with Crippen molar-refractivity contribution in [2.24, 2.45) is 0 Å². The standard InChI is InChI=1S/C19H17FN2O3S/c1-10-17-13(20)5-4-6-16(17)26-18(10)19(24)22-14-9-12(21-11(2)23)7-8-15(14)25-3/h4-9H,1-3H3,(H,21,23)(H,22,24). The van der Waals surface area contributed by atoms with Gasteiger partial charge in [-0.25, -0.2) is 4.39 Å². The number of methoxy groups -OCH3 is 1. The number of aryl methyl sites for hydroxylation is 1. The number of carbonyl (C=O) groups excluding carboxylic acids is 2. The maximum absolute atomic E-state index is 14.1. The van der Waals surface area contributed by atoms with Crippen molar-refractivity contribution < 1.29 is 18.7 Å². The third kappa shape index (κ3) is 3.39. The summed E-state index contributed by atoms with van der Waals surface area (Å²) in [5, 5.41) is 5.90. The van der Waals surface area contributed by atoms with Gasteiger partial charge in [0.15, 0.2) is 0 Å². The van der Waals surface area contributed by atoms with Crippen LogP contribution in [0, 0.1) is 12.7 Å². The Kier molecular flexibility index (Phi) is 4.90. The molecule has 3 rings (SSSR count). The molecule has 3 aromatic rings. The van der Waals surface area contributed by atoms with Gasteiger partial charge in [-0.3, -0.25) is 9.59 Å². The number of fused-ring (bicyclic) bond motifs is 1. The molecular weight excluding hydrogens is 355 g/mol. The van der Waals surface area contributed by atoms with Gasteiger partial charge in [-0.1, -0.05) is 6.07 Å². The number of rotatable bonds is 4. The first kappa shape index (κ1) is 17.9. The van der Waals surface area contributed by atoms with Crippen molar-refractivity contribution in [3.05, 3.63) is 52.7 Å². The van der Waals surface area contributed by atoms with Crippen LogP contribution in [0.15, 0.2) is 36.4 Å². The Morgan fingerprint density at radius 1 is 1.15 bits per heavy atom. The van der Waals surface area contributed by atoms with Gasteiger partial charge in [0.2, 0.25) is 5.91 Å². The van der Waals surface area contributed by atoms with E-state index in [-0.39, 0.29) is 17.6 Å². The van der Waals surface area contributed by atoms with Crippen molar-refractivity contribution in [2.45, 2.75) is 13.8 Å². The second-order valence-corrected chi connectivity index (χ2v) is 6.77. The predicted molar refractivity (Wildman–Crippen MR) is 102 cm³/mol. The minimum Gasteiger partial charge on any atom is -0.495 e. The number of carbonyl (C=O) groups is 2. The molecule has 2 aromatic carbocycles. The molecule has 2 N–H and O–H groups in total. The number of hydrogen-bond acceptors (Lipinski definition) is 4. The zero-order valence-electron chi connectivity index (χ0n) is 14.5. The maximum atomic E-state index is 14.1. The van der Waals surface area contributed by atoms with Gasteiger partial charge >= 0.3 is 0 Å². The zero-order valence-corrected chi connectivity index (χ0v) is 15.3. The van der Waals surface area contributed by atoms with Gasteiger partial charge in [-0.2, -0.15) is 0 Å². The monoisotopic (exact) mass is 372 g/mol. The lowest BCUT2D eigenvalue weighted by atomic mass is 10.1. The number of nitrogens with one attached hydrogen (secondary N) is 2. The summed E-state index contributed by atoms with van der Waals surface area (Å²) >= 11 is 1.23. The summed E-state index contributed by atoms with van der Waals surface area (Å²) < 4.78 is 20.0. The van der Waals surface area contributed by atoms with E-state index in [0.717, 1.165) is 0 Å². The first-order valence-corrected chi connectivity index (χ1v) is 8.67. The molecule has 0 unspecified atom stereocenters. The van der Waals surface area contributed by atoms with E-state index in [4.69, 9.17) is 4.74 Å². The Hall–Kier alpha value is -2.93. The molecule has 26 heavy (non-hydrogen) atoms. The Balaban J connectivity index is 1.96. The number of benzene rings is 2. The van der Waals surface area contributed by atoms with Crippen LogP contribution >= 0.6 is 11.3 Å². The van der Waals surface area contributed by atoms with E-state index in [9.17, 15) is 14.0 Å². The molecule has 134 valence electrons. The Bertz CT molecular complexity index is 1010. The minimum atomic E-state index is -0.360. The number of ether oxygens (including phenoxy) is 1. The van der Waals surface area contributed by atoms with Crippen molar-refractivity contribution in [2.75, 3.05) is 17.7 Å². The van der Waals surface area contributed by atoms with Crippen molar-refractivity contribution in [1.82, 2.24) is 0 Å². The molecule has 5 nitrogen and oxygen atoms in total. The van der Waals surface area contributed by atoms with Crippen LogP contribution in [0.2, 0.25) is 0 Å². The van der Waals surface area contributed by atoms with E-state index >= 15 is 0 Å². The van der Waals surface area contributed by atoms with Gasteiger partial charge in [-0.05, 0) is 42.8 Å². The summed E-state index contributed by atoms with van der Waals surface area (Å²) in [7, 11) is 1.49. The van der Waals surface area contributed by atoms with Gasteiger partial charge in [0.1, 0.15) is 11.6 Å². The summed E-state index contributed by atoms with van der Waals surface area (Å²) in [4.78, 5) is 24.4. The van der Waals surface area contributed by atoms with E-state index in [0.29, 0.717) is 37.7 Å². The molecule has 1 aromatic heterocycles. The van der Waals surface area contributed by atoms with Crippen LogP contribution < -0.4 is 15.4 Å². The second-order valence-electron chi connectivity index (χ2n) is 5.72. The summed E-state index contributed by atoms with van der Waals surface area (Å²) in [6.45, 7) is 3.12. The first-order valence-electron chi connectivity index (χ1n) is 7.85. The molecule has 1 heterocycles. The summed E-state index contributed by atoms with van der Waals surface area (Å²) in [5.41, 5.74) is 1.55. The van der Waals surface area contributed by atoms with Crippen LogP contribution in [0.4, 0.5) is 15.8 Å². The van der Waals surface area contributed by atoms with Gasteiger partial charge < -0.3 is 15.4 Å². The number of hydrogen-bond donors (Lipinski definition) is 2. The molecule has 2 amide bonds. The van der Waals surface area contributed by atoms with Gasteiger partial charge in [0, 0.05) is 22.7 Å². The van der Waals surface area contributed by atoms with Crippen LogP contribution in [-0.2, 0) is 4.79 Å². The minimum absolute atomic E-state index is 0.219. The second kappa shape index (κ2) is 7.13. The first-order chi connectivity index (χ1) is 12.4. The summed E-state index contributed by atoms with van der Waals surface area (Å²) in [5.74, 6) is -0.470. The molecule has 0 radical (unpaired) electrons. The molecular formula is C19H17FN2O3S. The van der Waals surface area contributed by atoms with Crippen LogP contribution in [0.1, 0.15) is 22.2 Å². The van der Waals surface area contributed by atoms with Crippen LogP contribution in [-0.4, -0.2) is 18.9 Å². The van der Waals surface area contributed by atoms with Crippen LogP contribution in [0.3, 0.4) is 0 Å². The molecule has 0 saturated heterocycles. The van der Waals surface area contributed by atoms with Gasteiger partial charge in [0.25, 0.3) is 5.91 Å². The highest BCUT2D eigenvalue weighted by Gasteiger charge is 2.19. The zero-order chi connectivity index (χ0) is 18.8. The fourth-order valence-electron chi connectivity index (χ4n) is 2.74. The Labute approximate surface area is 153 Å². The molecule has 7 heteroatoms. The van der Waals surface area contributed by atoms with Gasteiger partial charge in [0.05, 0.1) is 17.7 Å². The lowest BCUT2D eigenvalue weighted by Gasteiger charge is -2.12. The smallest absolute Gasteiger partial charge is 0.266 e. The third-order valence-electron chi connectivity index (χ3n) is 3.88. The van der Waals surface area contributed by atoms with E-state index in [1.807, 2.05) is 0 Å². The Morgan fingerprint density at radius 2 is 1.92 bits per heavy atom. The van der Waals surface area contributed by atoms with Crippen molar-refractivity contribution >= 4 is 44.6 Å². The summed E-state index contributed by atoms with van der Waals surface area (Å²) in [6, 6.07) is 9.72. The number of amides is 2. The predicted octanol–water partition coefficient (Wildman–Crippen LogP) is 4.57. The highest BCUT2D eigenvalue weighted by molar-refractivity contribution is 7.21. The normalized spacial score (nSPS) is 10.6. The number of thiophene rings is 1. The lowest BCUT2D eigenvalue weighted by molar-refractivity contribution is -0.114. The van der Waals surface area contributed by atoms with Gasteiger partial charge in [-0.15, -0.1) is 11.3 Å². The van der Waals surface area contributed by atoms with Crippen molar-refractivity contribution in [3.8, 4) is 5.75 Å².